The zero-order valence-corrected chi connectivity index (χ0v) is 14.5. The van der Waals surface area contributed by atoms with Crippen molar-refractivity contribution in [2.75, 3.05) is 13.1 Å². The van der Waals surface area contributed by atoms with E-state index < -0.39 is 0 Å². The van der Waals surface area contributed by atoms with Crippen LogP contribution in [-0.4, -0.2) is 19.0 Å². The van der Waals surface area contributed by atoms with E-state index in [-0.39, 0.29) is 29.6 Å². The molecule has 3 nitrogen and oxygen atoms in total. The largest absolute Gasteiger partial charge is 0.355 e. The van der Waals surface area contributed by atoms with Gasteiger partial charge in [0.2, 0.25) is 5.91 Å². The van der Waals surface area contributed by atoms with E-state index in [1.807, 2.05) is 6.92 Å². The van der Waals surface area contributed by atoms with Crippen molar-refractivity contribution in [1.29, 1.82) is 0 Å². The first kappa shape index (κ1) is 19.0. The van der Waals surface area contributed by atoms with E-state index in [9.17, 15) is 4.79 Å². The fourth-order valence-corrected chi connectivity index (χ4v) is 3.31. The molecule has 124 valence electrons. The fourth-order valence-electron chi connectivity index (χ4n) is 3.31. The number of hydrogen-bond donors (Lipinski definition) is 2. The quantitative estimate of drug-likeness (QED) is 0.873. The first-order valence-electron chi connectivity index (χ1n) is 8.12. The Hall–Kier alpha value is -1.06. The highest BCUT2D eigenvalue weighted by molar-refractivity contribution is 5.85. The molecule has 4 heteroatoms. The third-order valence-corrected chi connectivity index (χ3v) is 4.84. The number of halogens is 1. The van der Waals surface area contributed by atoms with Crippen LogP contribution in [0.15, 0.2) is 24.3 Å². The monoisotopic (exact) mass is 324 g/mol. The zero-order valence-electron chi connectivity index (χ0n) is 13.7. The van der Waals surface area contributed by atoms with Gasteiger partial charge < -0.3 is 11.1 Å². The Morgan fingerprint density at radius 3 is 2.59 bits per heavy atom. The number of hydrogen-bond acceptors (Lipinski definition) is 2. The van der Waals surface area contributed by atoms with Crippen molar-refractivity contribution in [3.05, 3.63) is 35.4 Å². The minimum Gasteiger partial charge on any atom is -0.355 e. The van der Waals surface area contributed by atoms with Gasteiger partial charge in [-0.2, -0.15) is 0 Å². The van der Waals surface area contributed by atoms with Crippen LogP contribution >= 0.6 is 12.4 Å². The molecule has 3 N–H and O–H groups in total. The molecule has 1 aromatic carbocycles. The van der Waals surface area contributed by atoms with Gasteiger partial charge in [0.05, 0.1) is 0 Å². The maximum absolute atomic E-state index is 12.1. The second-order valence-corrected chi connectivity index (χ2v) is 6.57. The summed E-state index contributed by atoms with van der Waals surface area (Å²) in [5.41, 5.74) is 8.36. The Labute approximate surface area is 140 Å². The van der Waals surface area contributed by atoms with Gasteiger partial charge >= 0.3 is 0 Å². The lowest BCUT2D eigenvalue weighted by Gasteiger charge is -2.38. The van der Waals surface area contributed by atoms with E-state index in [0.29, 0.717) is 6.54 Å². The lowest BCUT2D eigenvalue weighted by atomic mass is 9.69. The van der Waals surface area contributed by atoms with Crippen molar-refractivity contribution in [1.82, 2.24) is 5.32 Å². The number of nitrogens with two attached hydrogens (primary N) is 1. The highest BCUT2D eigenvalue weighted by Gasteiger charge is 2.34. The Balaban J connectivity index is 0.00000242. The molecule has 1 atom stereocenters. The molecule has 0 saturated heterocycles. The highest BCUT2D eigenvalue weighted by Crippen LogP contribution is 2.39. The van der Waals surface area contributed by atoms with Crippen LogP contribution < -0.4 is 11.1 Å². The van der Waals surface area contributed by atoms with Gasteiger partial charge in [-0.15, -0.1) is 12.4 Å². The molecule has 1 aliphatic carbocycles. The number of carbonyl (C=O) groups excluding carboxylic acids is 1. The van der Waals surface area contributed by atoms with Crippen LogP contribution in [0.2, 0.25) is 0 Å². The molecule has 0 aromatic heterocycles. The molecule has 1 fully saturated rings. The first-order valence-corrected chi connectivity index (χ1v) is 8.12. The van der Waals surface area contributed by atoms with Crippen molar-refractivity contribution < 1.29 is 4.79 Å². The normalized spacial score (nSPS) is 18.1. The average molecular weight is 325 g/mol. The summed E-state index contributed by atoms with van der Waals surface area (Å²) in [7, 11) is 0. The number of amides is 1. The molecule has 1 unspecified atom stereocenters. The number of carbonyl (C=O) groups is 1. The summed E-state index contributed by atoms with van der Waals surface area (Å²) in [6.45, 7) is 5.16. The van der Waals surface area contributed by atoms with Crippen molar-refractivity contribution in [2.24, 2.45) is 11.7 Å². The standard InChI is InChI=1S/C18H28N2O.ClH/c1-14-7-6-8-16(11-14)18(9-4-3-5-10-18)13-20-17(21)15(2)12-19;/h6-8,11,15H,3-5,9-10,12-13,19H2,1-2H3,(H,20,21);1H. The molecular formula is C18H29ClN2O. The maximum Gasteiger partial charge on any atom is 0.224 e. The van der Waals surface area contributed by atoms with Gasteiger partial charge in [0.15, 0.2) is 0 Å². The third-order valence-electron chi connectivity index (χ3n) is 4.84. The summed E-state index contributed by atoms with van der Waals surface area (Å²) in [6, 6.07) is 8.77. The molecule has 1 amide bonds. The highest BCUT2D eigenvalue weighted by atomic mass is 35.5. The number of aryl methyl sites for hydroxylation is 1. The van der Waals surface area contributed by atoms with Crippen LogP contribution in [0.25, 0.3) is 0 Å². The number of rotatable bonds is 5. The van der Waals surface area contributed by atoms with E-state index in [1.165, 1.54) is 30.4 Å². The minimum absolute atomic E-state index is 0. The molecule has 0 heterocycles. The fraction of sp³-hybridized carbons (Fsp3) is 0.611. The summed E-state index contributed by atoms with van der Waals surface area (Å²) in [4.78, 5) is 12.1. The summed E-state index contributed by atoms with van der Waals surface area (Å²) in [6.07, 6.45) is 6.12. The van der Waals surface area contributed by atoms with Gasteiger partial charge in [0.25, 0.3) is 0 Å². The molecule has 1 saturated carbocycles. The summed E-state index contributed by atoms with van der Waals surface area (Å²) >= 11 is 0. The lowest BCUT2D eigenvalue weighted by Crippen LogP contribution is -2.44. The SMILES string of the molecule is Cc1cccc(C2(CNC(=O)C(C)CN)CCCCC2)c1.Cl. The van der Waals surface area contributed by atoms with Gasteiger partial charge in [-0.1, -0.05) is 56.0 Å². The Bertz CT molecular complexity index is 484. The van der Waals surface area contributed by atoms with Crippen LogP contribution in [0.4, 0.5) is 0 Å². The van der Waals surface area contributed by atoms with Gasteiger partial charge in [-0.3, -0.25) is 4.79 Å². The van der Waals surface area contributed by atoms with Gasteiger partial charge in [-0.05, 0) is 25.3 Å². The van der Waals surface area contributed by atoms with Gasteiger partial charge in [0, 0.05) is 24.4 Å². The summed E-state index contributed by atoms with van der Waals surface area (Å²) in [5.74, 6) is -0.0294. The van der Waals surface area contributed by atoms with Crippen molar-refractivity contribution in [3.8, 4) is 0 Å². The number of nitrogens with one attached hydrogen (secondary N) is 1. The predicted molar refractivity (Wildman–Crippen MR) is 94.4 cm³/mol. The van der Waals surface area contributed by atoms with Crippen LogP contribution in [0.3, 0.4) is 0 Å². The zero-order chi connectivity index (χ0) is 15.3. The van der Waals surface area contributed by atoms with Crippen LogP contribution in [0.1, 0.15) is 50.2 Å². The first-order chi connectivity index (χ1) is 10.1. The van der Waals surface area contributed by atoms with Crippen LogP contribution in [-0.2, 0) is 10.2 Å². The van der Waals surface area contributed by atoms with Crippen molar-refractivity contribution in [2.45, 2.75) is 51.4 Å². The van der Waals surface area contributed by atoms with E-state index in [0.717, 1.165) is 19.4 Å². The van der Waals surface area contributed by atoms with Crippen LogP contribution in [0.5, 0.6) is 0 Å². The molecule has 0 bridgehead atoms. The van der Waals surface area contributed by atoms with E-state index in [1.54, 1.807) is 0 Å². The Morgan fingerprint density at radius 2 is 2.00 bits per heavy atom. The smallest absolute Gasteiger partial charge is 0.224 e. The third kappa shape index (κ3) is 4.47. The van der Waals surface area contributed by atoms with Crippen LogP contribution in [0, 0.1) is 12.8 Å². The molecule has 0 spiro atoms. The number of benzene rings is 1. The van der Waals surface area contributed by atoms with E-state index in [2.05, 4.69) is 36.5 Å². The maximum atomic E-state index is 12.1. The van der Waals surface area contributed by atoms with Crippen molar-refractivity contribution >= 4 is 18.3 Å². The molecular weight excluding hydrogens is 296 g/mol. The minimum atomic E-state index is -0.108. The topological polar surface area (TPSA) is 55.1 Å². The lowest BCUT2D eigenvalue weighted by molar-refractivity contribution is -0.124. The molecule has 22 heavy (non-hydrogen) atoms. The molecule has 1 aliphatic rings. The molecule has 2 rings (SSSR count). The van der Waals surface area contributed by atoms with Gasteiger partial charge in [-0.25, -0.2) is 0 Å². The van der Waals surface area contributed by atoms with E-state index >= 15 is 0 Å². The summed E-state index contributed by atoms with van der Waals surface area (Å²) < 4.78 is 0. The average Bonchev–Trinajstić information content (AvgIpc) is 2.52. The molecule has 0 radical (unpaired) electrons. The van der Waals surface area contributed by atoms with Crippen molar-refractivity contribution in [3.63, 3.8) is 0 Å². The molecule has 1 aromatic rings. The molecule has 0 aliphatic heterocycles. The Kier molecular flexibility index (Phi) is 7.37. The van der Waals surface area contributed by atoms with E-state index in [4.69, 9.17) is 5.73 Å². The predicted octanol–water partition coefficient (Wildman–Crippen LogP) is 3.33. The summed E-state index contributed by atoms with van der Waals surface area (Å²) in [5, 5.41) is 3.14. The Morgan fingerprint density at radius 1 is 1.32 bits per heavy atom. The van der Waals surface area contributed by atoms with Gasteiger partial charge in [0.1, 0.15) is 0 Å². The second kappa shape index (κ2) is 8.54. The second-order valence-electron chi connectivity index (χ2n) is 6.57.